The molecule has 0 saturated carbocycles. The van der Waals surface area contributed by atoms with Crippen molar-refractivity contribution in [2.24, 2.45) is 14.1 Å². The SMILES string of the molecule is Cn1cc(-c2ccc3c(C(=O)[C@@H](NCCc4ccc(N)nc4)c4ccccc4)c[nH]c3c2)cn1.Cn1cc(-c2ccc3c(C(=O)[C@H](NCCc4ccc(N)nc4)c4ccccc4)c[nH]c3c2)cn1. The Morgan fingerprint density at radius 1 is 0.544 bits per heavy atom. The van der Waals surface area contributed by atoms with Crippen LogP contribution in [-0.4, -0.2) is 64.2 Å². The number of hydrogen-bond acceptors (Lipinski definition) is 10. The molecule has 0 fully saturated rings. The van der Waals surface area contributed by atoms with E-state index in [9.17, 15) is 9.59 Å². The molecule has 0 bridgehead atoms. The van der Waals surface area contributed by atoms with Gasteiger partial charge >= 0.3 is 0 Å². The molecule has 6 aromatic heterocycles. The maximum Gasteiger partial charge on any atom is 0.186 e. The van der Waals surface area contributed by atoms with Gasteiger partial charge in [-0.2, -0.15) is 10.2 Å². The molecule has 10 rings (SSSR count). The van der Waals surface area contributed by atoms with Crippen LogP contribution in [0.1, 0.15) is 55.1 Å². The van der Waals surface area contributed by atoms with Crippen molar-refractivity contribution in [1.82, 2.24) is 50.1 Å². The number of benzene rings is 4. The molecule has 10 aromatic rings. The number of nitrogens with two attached hydrogens (primary N) is 2. The van der Waals surface area contributed by atoms with Gasteiger partial charge in [-0.15, -0.1) is 0 Å². The summed E-state index contributed by atoms with van der Waals surface area (Å²) in [5, 5.41) is 17.2. The summed E-state index contributed by atoms with van der Waals surface area (Å²) in [7, 11) is 3.79. The summed E-state index contributed by atoms with van der Waals surface area (Å²) in [6.07, 6.45) is 16.3. The van der Waals surface area contributed by atoms with E-state index in [0.29, 0.717) is 35.9 Å². The lowest BCUT2D eigenvalue weighted by Gasteiger charge is -2.18. The van der Waals surface area contributed by atoms with Gasteiger partial charge in [0.15, 0.2) is 11.6 Å². The number of H-pyrrole nitrogens is 2. The molecule has 68 heavy (non-hydrogen) atoms. The molecule has 14 heteroatoms. The molecule has 340 valence electrons. The van der Waals surface area contributed by atoms with Crippen LogP contribution in [0.15, 0.2) is 171 Å². The molecule has 0 radical (unpaired) electrons. The zero-order valence-electron chi connectivity index (χ0n) is 37.8. The third-order valence-corrected chi connectivity index (χ3v) is 12.0. The number of rotatable bonds is 16. The highest BCUT2D eigenvalue weighted by Crippen LogP contribution is 2.31. The first-order valence-electron chi connectivity index (χ1n) is 22.4. The lowest BCUT2D eigenvalue weighted by Crippen LogP contribution is -2.30. The summed E-state index contributed by atoms with van der Waals surface area (Å²) in [4.78, 5) is 42.3. The van der Waals surface area contributed by atoms with Crippen LogP contribution in [-0.2, 0) is 26.9 Å². The highest BCUT2D eigenvalue weighted by molar-refractivity contribution is 6.12. The van der Waals surface area contributed by atoms with Crippen molar-refractivity contribution in [1.29, 1.82) is 0 Å². The van der Waals surface area contributed by atoms with Crippen LogP contribution in [0.25, 0.3) is 44.1 Å². The van der Waals surface area contributed by atoms with Crippen molar-refractivity contribution in [3.05, 3.63) is 204 Å². The lowest BCUT2D eigenvalue weighted by atomic mass is 9.96. The van der Waals surface area contributed by atoms with Crippen LogP contribution in [0.4, 0.5) is 11.6 Å². The summed E-state index contributed by atoms with van der Waals surface area (Å²) in [6.45, 7) is 1.26. The number of pyridine rings is 2. The van der Waals surface area contributed by atoms with E-state index in [1.165, 1.54) is 0 Å². The zero-order valence-corrected chi connectivity index (χ0v) is 37.8. The third kappa shape index (κ3) is 10.3. The number of carbonyl (C=O) groups excluding carboxylic acids is 2. The molecular weight excluding hydrogens is 849 g/mol. The molecule has 14 nitrogen and oxygen atoms in total. The summed E-state index contributed by atoms with van der Waals surface area (Å²) in [5.41, 5.74) is 22.7. The van der Waals surface area contributed by atoms with Crippen LogP contribution in [0.5, 0.6) is 0 Å². The van der Waals surface area contributed by atoms with E-state index in [1.807, 2.05) is 148 Å². The third-order valence-electron chi connectivity index (χ3n) is 12.0. The molecule has 8 N–H and O–H groups in total. The Bertz CT molecular complexity index is 3060. The number of ketones is 2. The minimum Gasteiger partial charge on any atom is -0.384 e. The van der Waals surface area contributed by atoms with Crippen LogP contribution in [0.2, 0.25) is 0 Å². The van der Waals surface area contributed by atoms with Crippen LogP contribution in [0.3, 0.4) is 0 Å². The fourth-order valence-electron chi connectivity index (χ4n) is 8.37. The molecule has 0 aliphatic carbocycles. The molecule has 0 aliphatic heterocycles. The Morgan fingerprint density at radius 2 is 0.971 bits per heavy atom. The Labute approximate surface area is 393 Å². The van der Waals surface area contributed by atoms with E-state index in [0.717, 1.165) is 79.2 Å². The van der Waals surface area contributed by atoms with Crippen molar-refractivity contribution in [3.63, 3.8) is 0 Å². The average Bonchev–Trinajstić information content (AvgIpc) is 4.20. The number of nitrogens with zero attached hydrogens (tertiary/aromatic N) is 6. The molecule has 0 amide bonds. The number of nitrogen functional groups attached to an aromatic ring is 2. The topological polar surface area (TPSA) is 203 Å². The van der Waals surface area contributed by atoms with Gasteiger partial charge in [0.2, 0.25) is 0 Å². The molecule has 0 unspecified atom stereocenters. The Morgan fingerprint density at radius 3 is 1.34 bits per heavy atom. The van der Waals surface area contributed by atoms with Crippen molar-refractivity contribution < 1.29 is 9.59 Å². The summed E-state index contributed by atoms with van der Waals surface area (Å²) in [5.74, 6) is 1.06. The first kappa shape index (κ1) is 44.7. The van der Waals surface area contributed by atoms with Gasteiger partial charge in [-0.3, -0.25) is 19.0 Å². The van der Waals surface area contributed by atoms with E-state index < -0.39 is 12.1 Å². The van der Waals surface area contributed by atoms with E-state index in [1.54, 1.807) is 33.9 Å². The Kier molecular flexibility index (Phi) is 13.4. The van der Waals surface area contributed by atoms with E-state index in [4.69, 9.17) is 11.5 Å². The molecule has 4 aromatic carbocycles. The van der Waals surface area contributed by atoms with Gasteiger partial charge in [-0.25, -0.2) is 9.97 Å². The maximum absolute atomic E-state index is 13.7. The van der Waals surface area contributed by atoms with E-state index >= 15 is 0 Å². The number of nitrogens with one attached hydrogen (secondary N) is 4. The standard InChI is InChI=1S/2C27H26N6O/c2*1-33-17-21(15-32-33)20-8-9-22-23(16-30-24(22)13-20)27(34)26(19-5-3-2-4-6-19)29-12-11-18-7-10-25(28)31-14-18/h2*2-10,13-17,26,29-30H,11-12H2,1H3,(H2,28,31)/t2*26-/m10/s1. The van der Waals surface area contributed by atoms with Gasteiger partial charge in [-0.05, 0) is 70.5 Å². The van der Waals surface area contributed by atoms with E-state index in [-0.39, 0.29) is 11.6 Å². The Balaban J connectivity index is 0.000000170. The smallest absolute Gasteiger partial charge is 0.186 e. The highest BCUT2D eigenvalue weighted by Gasteiger charge is 2.26. The fraction of sp³-hybridized carbons (Fsp3) is 0.148. The number of hydrogen-bond donors (Lipinski definition) is 6. The molecule has 0 saturated heterocycles. The normalized spacial score (nSPS) is 12.1. The number of Topliss-reactive ketones (excluding diaryl/α,β-unsaturated/α-hetero) is 2. The predicted molar refractivity (Wildman–Crippen MR) is 269 cm³/mol. The number of fused-ring (bicyclic) bond motifs is 2. The van der Waals surface area contributed by atoms with Crippen molar-refractivity contribution in [2.75, 3.05) is 24.6 Å². The minimum atomic E-state index is -0.458. The quantitative estimate of drug-likeness (QED) is 0.0510. The van der Waals surface area contributed by atoms with Crippen molar-refractivity contribution in [3.8, 4) is 22.3 Å². The zero-order chi connectivity index (χ0) is 47.0. The summed E-state index contributed by atoms with van der Waals surface area (Å²) in [6, 6.07) is 38.4. The van der Waals surface area contributed by atoms with Gasteiger partial charge in [0.25, 0.3) is 0 Å². The molecule has 0 aliphatic rings. The Hall–Kier alpha value is -8.46. The lowest BCUT2D eigenvalue weighted by molar-refractivity contribution is 0.0937. The molecular formula is C54H52N12O2. The highest BCUT2D eigenvalue weighted by atomic mass is 16.1. The van der Waals surface area contributed by atoms with Gasteiger partial charge in [0.1, 0.15) is 11.6 Å². The number of aromatic amines is 2. The first-order valence-corrected chi connectivity index (χ1v) is 22.4. The van der Waals surface area contributed by atoms with Gasteiger partial charge < -0.3 is 32.1 Å². The molecule has 0 spiro atoms. The van der Waals surface area contributed by atoms with Crippen molar-refractivity contribution in [2.45, 2.75) is 24.9 Å². The largest absolute Gasteiger partial charge is 0.384 e. The second kappa shape index (κ2) is 20.4. The number of aromatic nitrogens is 8. The second-order valence-corrected chi connectivity index (χ2v) is 16.7. The predicted octanol–water partition coefficient (Wildman–Crippen LogP) is 8.60. The first-order chi connectivity index (χ1) is 33.2. The second-order valence-electron chi connectivity index (χ2n) is 16.7. The van der Waals surface area contributed by atoms with Gasteiger partial charge in [0.05, 0.1) is 24.5 Å². The minimum absolute atomic E-state index is 0.0296. The molecule has 6 heterocycles. The molecule has 2 atom stereocenters. The average molecular weight is 901 g/mol. The number of aryl methyl sites for hydroxylation is 2. The van der Waals surface area contributed by atoms with Crippen LogP contribution < -0.4 is 22.1 Å². The summed E-state index contributed by atoms with van der Waals surface area (Å²) < 4.78 is 3.56. The number of carbonyl (C=O) groups is 2. The van der Waals surface area contributed by atoms with E-state index in [2.05, 4.69) is 52.9 Å². The van der Waals surface area contributed by atoms with Crippen LogP contribution in [0, 0.1) is 0 Å². The fourth-order valence-corrected chi connectivity index (χ4v) is 8.37. The number of anilines is 2. The van der Waals surface area contributed by atoms with Crippen LogP contribution >= 0.6 is 0 Å². The van der Waals surface area contributed by atoms with Gasteiger partial charge in [-0.1, -0.05) is 97.1 Å². The monoisotopic (exact) mass is 900 g/mol. The maximum atomic E-state index is 13.7. The van der Waals surface area contributed by atoms with Gasteiger partial charge in [0, 0.05) is 108 Å². The van der Waals surface area contributed by atoms with Crippen molar-refractivity contribution >= 4 is 45.0 Å². The summed E-state index contributed by atoms with van der Waals surface area (Å²) >= 11 is 0.